The van der Waals surface area contributed by atoms with Crippen LogP contribution >= 0.6 is 0 Å². The molecule has 26 heavy (non-hydrogen) atoms. The molecule has 3 aromatic rings. The second-order valence-corrected chi connectivity index (χ2v) is 6.20. The zero-order valence-corrected chi connectivity index (χ0v) is 13.2. The van der Waals surface area contributed by atoms with Crippen molar-refractivity contribution < 1.29 is 27.3 Å². The van der Waals surface area contributed by atoms with E-state index in [0.29, 0.717) is 27.8 Å². The Morgan fingerprint density at radius 3 is 2.58 bits per heavy atom. The Hall–Kier alpha value is -2.68. The highest BCUT2D eigenvalue weighted by atomic mass is 19.4. The predicted molar refractivity (Wildman–Crippen MR) is 85.4 cm³/mol. The summed E-state index contributed by atoms with van der Waals surface area (Å²) in [5, 5.41) is 17.1. The smallest absolute Gasteiger partial charge is 0.379 e. The van der Waals surface area contributed by atoms with Crippen molar-refractivity contribution in [3.8, 4) is 11.1 Å². The lowest BCUT2D eigenvalue weighted by molar-refractivity contribution is -0.206. The molecule has 0 amide bonds. The summed E-state index contributed by atoms with van der Waals surface area (Å²) < 4.78 is 56.3. The third-order valence-electron chi connectivity index (χ3n) is 4.36. The summed E-state index contributed by atoms with van der Waals surface area (Å²) in [6, 6.07) is 8.87. The number of hydrogen-bond donors (Lipinski definition) is 1. The van der Waals surface area contributed by atoms with E-state index in [2.05, 4.69) is 10.3 Å². The molecule has 9 heteroatoms. The maximum absolute atomic E-state index is 13.2. The topological polar surface area (TPSA) is 62.4 Å². The Kier molecular flexibility index (Phi) is 3.83. The number of fused-ring (bicyclic) bond motifs is 1. The van der Waals surface area contributed by atoms with Crippen molar-refractivity contribution >= 4 is 16.7 Å². The molecule has 1 aromatic heterocycles. The fourth-order valence-electron chi connectivity index (χ4n) is 2.98. The first-order valence-electron chi connectivity index (χ1n) is 7.83. The molecule has 5 nitrogen and oxygen atoms in total. The highest BCUT2D eigenvalue weighted by Crippen LogP contribution is 2.37. The van der Waals surface area contributed by atoms with Crippen LogP contribution in [-0.2, 0) is 0 Å². The number of aliphatic hydroxyl groups is 1. The normalized spacial score (nSPS) is 16.7. The second-order valence-electron chi connectivity index (χ2n) is 6.20. The summed E-state index contributed by atoms with van der Waals surface area (Å²) in [5.41, 5.74) is 2.27. The Morgan fingerprint density at radius 1 is 1.12 bits per heavy atom. The third-order valence-corrected chi connectivity index (χ3v) is 4.36. The molecule has 1 aliphatic rings. The van der Waals surface area contributed by atoms with Gasteiger partial charge in [-0.25, -0.2) is 9.02 Å². The molecule has 0 saturated carbocycles. The molecule has 2 heterocycles. The van der Waals surface area contributed by atoms with Gasteiger partial charge in [0.15, 0.2) is 11.6 Å². The minimum absolute atomic E-state index is 0.207. The largest absolute Gasteiger partial charge is 0.418 e. The molecule has 1 atom stereocenters. The minimum Gasteiger partial charge on any atom is -0.379 e. The van der Waals surface area contributed by atoms with Crippen LogP contribution in [0.25, 0.3) is 22.2 Å². The van der Waals surface area contributed by atoms with Gasteiger partial charge in [-0.2, -0.15) is 13.2 Å². The van der Waals surface area contributed by atoms with E-state index in [4.69, 9.17) is 4.63 Å². The fraction of sp³-hybridized carbons (Fsp3) is 0.294. The number of hydrogen-bond acceptors (Lipinski definition) is 5. The number of anilines is 1. The second kappa shape index (κ2) is 5.94. The van der Waals surface area contributed by atoms with Crippen molar-refractivity contribution in [2.45, 2.75) is 18.5 Å². The number of aromatic nitrogens is 2. The van der Waals surface area contributed by atoms with Crippen molar-refractivity contribution in [1.29, 1.82) is 0 Å². The molecule has 136 valence electrons. The van der Waals surface area contributed by atoms with Gasteiger partial charge in [-0.1, -0.05) is 18.2 Å². The molecule has 1 saturated heterocycles. The number of alkyl halides is 4. The molecule has 0 bridgehead atoms. The first kappa shape index (κ1) is 16.8. The monoisotopic (exact) mass is 367 g/mol. The van der Waals surface area contributed by atoms with Crippen molar-refractivity contribution in [2.24, 2.45) is 0 Å². The van der Waals surface area contributed by atoms with Crippen molar-refractivity contribution in [2.75, 3.05) is 18.0 Å². The van der Waals surface area contributed by atoms with Crippen LogP contribution in [0.5, 0.6) is 0 Å². The molecular weight excluding hydrogens is 354 g/mol. The molecule has 4 rings (SSSR count). The van der Waals surface area contributed by atoms with Crippen LogP contribution in [0, 0.1) is 0 Å². The Balaban J connectivity index is 1.77. The summed E-state index contributed by atoms with van der Waals surface area (Å²) in [5.74, 6) is 0. The Morgan fingerprint density at radius 2 is 1.88 bits per heavy atom. The van der Waals surface area contributed by atoms with Crippen LogP contribution in [0.3, 0.4) is 0 Å². The van der Waals surface area contributed by atoms with E-state index in [0.717, 1.165) is 0 Å². The van der Waals surface area contributed by atoms with Gasteiger partial charge in [0.25, 0.3) is 0 Å². The van der Waals surface area contributed by atoms with Gasteiger partial charge >= 0.3 is 6.18 Å². The van der Waals surface area contributed by atoms with Crippen LogP contribution < -0.4 is 4.90 Å². The summed E-state index contributed by atoms with van der Waals surface area (Å²) in [6.45, 7) is 0.413. The van der Waals surface area contributed by atoms with Crippen molar-refractivity contribution in [3.63, 3.8) is 0 Å². The third kappa shape index (κ3) is 2.88. The minimum atomic E-state index is -4.75. The van der Waals surface area contributed by atoms with Crippen LogP contribution in [0.2, 0.25) is 0 Å². The Bertz CT molecular complexity index is 951. The summed E-state index contributed by atoms with van der Waals surface area (Å²) in [7, 11) is 0. The molecule has 2 aromatic carbocycles. The first-order valence-corrected chi connectivity index (χ1v) is 7.83. The quantitative estimate of drug-likeness (QED) is 0.716. The van der Waals surface area contributed by atoms with Crippen molar-refractivity contribution in [3.05, 3.63) is 42.0 Å². The predicted octanol–water partition coefficient (Wildman–Crippen LogP) is 3.64. The molecule has 1 N–H and O–H groups in total. The first-order chi connectivity index (χ1) is 12.3. The molecule has 0 aliphatic carbocycles. The van der Waals surface area contributed by atoms with E-state index < -0.39 is 18.5 Å². The maximum Gasteiger partial charge on any atom is 0.418 e. The average Bonchev–Trinajstić information content (AvgIpc) is 3.05. The summed E-state index contributed by atoms with van der Waals surface area (Å²) in [4.78, 5) is 1.76. The molecule has 1 aliphatic heterocycles. The summed E-state index contributed by atoms with van der Waals surface area (Å²) in [6.07, 6.45) is -8.25. The lowest BCUT2D eigenvalue weighted by Gasteiger charge is -2.36. The van der Waals surface area contributed by atoms with Gasteiger partial charge in [0.05, 0.1) is 18.8 Å². The number of benzene rings is 2. The Labute approximate surface area is 144 Å². The van der Waals surface area contributed by atoms with E-state index in [1.54, 1.807) is 23.1 Å². The van der Waals surface area contributed by atoms with Crippen LogP contribution in [0.15, 0.2) is 41.0 Å². The van der Waals surface area contributed by atoms with Gasteiger partial charge in [0, 0.05) is 0 Å². The number of rotatable bonds is 3. The van der Waals surface area contributed by atoms with E-state index in [1.807, 2.05) is 0 Å². The number of aliphatic hydroxyl groups excluding tert-OH is 1. The van der Waals surface area contributed by atoms with Crippen molar-refractivity contribution in [1.82, 2.24) is 10.3 Å². The zero-order valence-electron chi connectivity index (χ0n) is 13.2. The van der Waals surface area contributed by atoms with Gasteiger partial charge in [-0.05, 0) is 45.2 Å². The maximum atomic E-state index is 13.2. The lowest BCUT2D eigenvalue weighted by atomic mass is 9.98. The number of nitrogens with zero attached hydrogens (tertiary/aromatic N) is 3. The van der Waals surface area contributed by atoms with E-state index in [1.165, 1.54) is 18.2 Å². The van der Waals surface area contributed by atoms with Crippen LogP contribution in [0.4, 0.5) is 23.2 Å². The van der Waals surface area contributed by atoms with Gasteiger partial charge in [0.2, 0.25) is 0 Å². The van der Waals surface area contributed by atoms with Gasteiger partial charge < -0.3 is 10.0 Å². The van der Waals surface area contributed by atoms with Crippen LogP contribution in [-0.4, -0.2) is 40.9 Å². The lowest BCUT2D eigenvalue weighted by Crippen LogP contribution is -2.48. The molecular formula is C17H13F4N3O2. The molecule has 0 radical (unpaired) electrons. The van der Waals surface area contributed by atoms with Gasteiger partial charge in [-0.15, -0.1) is 0 Å². The molecule has 1 unspecified atom stereocenters. The van der Waals surface area contributed by atoms with E-state index in [-0.39, 0.29) is 18.7 Å². The zero-order chi connectivity index (χ0) is 18.5. The van der Waals surface area contributed by atoms with E-state index >= 15 is 0 Å². The van der Waals surface area contributed by atoms with E-state index in [9.17, 15) is 22.7 Å². The van der Waals surface area contributed by atoms with Gasteiger partial charge in [0.1, 0.15) is 11.7 Å². The molecule has 0 spiro atoms. The average molecular weight is 367 g/mol. The standard InChI is InChI=1S/C17H13F4N3O2/c18-12-7-24(8-12)14-6-11(5-13-15(14)23-26-22-13)9-2-1-3-10(4-9)16(25)17(19,20)21/h1-6,12,16,25H,7-8H2. The fourth-order valence-corrected chi connectivity index (χ4v) is 2.98. The summed E-state index contributed by atoms with van der Waals surface area (Å²) >= 11 is 0. The SMILES string of the molecule is OC(c1cccc(-c2cc(N3CC(F)C3)c3nonc3c2)c1)C(F)(F)F. The van der Waals surface area contributed by atoms with Crippen LogP contribution in [0.1, 0.15) is 11.7 Å². The highest BCUT2D eigenvalue weighted by Gasteiger charge is 2.39. The highest BCUT2D eigenvalue weighted by molar-refractivity contribution is 5.93. The molecule has 1 fully saturated rings. The number of halogens is 4. The van der Waals surface area contributed by atoms with Gasteiger partial charge in [-0.3, -0.25) is 0 Å².